The maximum Gasteiger partial charge on any atom is 0.352 e. The van der Waals surface area contributed by atoms with Crippen molar-refractivity contribution >= 4 is 45.4 Å². The van der Waals surface area contributed by atoms with Crippen LogP contribution in [0.15, 0.2) is 23.2 Å². The predicted molar refractivity (Wildman–Crippen MR) is 115 cm³/mol. The molecule has 5 atom stereocenters. The molecule has 162 valence electrons. The highest BCUT2D eigenvalue weighted by Crippen LogP contribution is 2.51. The van der Waals surface area contributed by atoms with Crippen molar-refractivity contribution in [2.75, 3.05) is 12.8 Å². The van der Waals surface area contributed by atoms with E-state index in [0.29, 0.717) is 18.0 Å². The average Bonchev–Trinajstić information content (AvgIpc) is 3.28. The monoisotopic (exact) mass is 451 g/mol. The fourth-order valence-corrected chi connectivity index (χ4v) is 6.88. The number of thioether (sulfide) groups is 1. The average molecular weight is 452 g/mol. The van der Waals surface area contributed by atoms with Gasteiger partial charge in [-0.2, -0.15) is 4.40 Å². The number of rotatable bonds is 7. The quantitative estimate of drug-likeness (QED) is 0.332. The summed E-state index contributed by atoms with van der Waals surface area (Å²) in [6, 6.07) is -0.310. The molecule has 0 aliphatic carbocycles. The molecule has 8 nitrogen and oxygen atoms in total. The van der Waals surface area contributed by atoms with Crippen LogP contribution in [0.1, 0.15) is 25.6 Å². The van der Waals surface area contributed by atoms with Gasteiger partial charge < -0.3 is 20.8 Å². The molecular formula is C20H27N4O4S2+. The molecule has 2 aromatic heterocycles. The normalized spacial score (nSPS) is 25.6. The van der Waals surface area contributed by atoms with Crippen molar-refractivity contribution in [3.05, 3.63) is 23.1 Å². The Balaban J connectivity index is 1.79. The smallest absolute Gasteiger partial charge is 0.352 e. The van der Waals surface area contributed by atoms with Crippen LogP contribution in [0.4, 0.5) is 0 Å². The number of hydrogen-bond donors (Lipinski definition) is 3. The van der Waals surface area contributed by atoms with E-state index in [1.54, 1.807) is 18.7 Å². The zero-order valence-electron chi connectivity index (χ0n) is 17.4. The molecule has 0 spiro atoms. The van der Waals surface area contributed by atoms with Crippen LogP contribution in [0.2, 0.25) is 0 Å². The summed E-state index contributed by atoms with van der Waals surface area (Å²) in [7, 11) is 0. The van der Waals surface area contributed by atoms with Crippen molar-refractivity contribution in [3.63, 3.8) is 0 Å². The highest BCUT2D eigenvalue weighted by molar-refractivity contribution is 7.98. The molecule has 0 bridgehead atoms. The maximum atomic E-state index is 12.6. The molecule has 1 fully saturated rings. The molecule has 10 heteroatoms. The minimum atomic E-state index is -1.10. The summed E-state index contributed by atoms with van der Waals surface area (Å²) in [6.45, 7) is 7.07. The number of hydrogen-bond acceptors (Lipinski definition) is 6. The lowest BCUT2D eigenvalue weighted by atomic mass is 9.77. The molecule has 1 saturated heterocycles. The van der Waals surface area contributed by atoms with Gasteiger partial charge in [0, 0.05) is 17.4 Å². The van der Waals surface area contributed by atoms with Crippen LogP contribution in [-0.2, 0) is 16.1 Å². The summed E-state index contributed by atoms with van der Waals surface area (Å²) in [4.78, 5) is 27.9. The Morgan fingerprint density at radius 3 is 2.70 bits per heavy atom. The minimum Gasteiger partial charge on any atom is -0.477 e. The van der Waals surface area contributed by atoms with E-state index in [1.807, 2.05) is 30.1 Å². The summed E-state index contributed by atoms with van der Waals surface area (Å²) in [5.41, 5.74) is 6.51. The highest BCUT2D eigenvalue weighted by atomic mass is 32.2. The van der Waals surface area contributed by atoms with Crippen LogP contribution in [-0.4, -0.2) is 56.3 Å². The molecule has 0 saturated carbocycles. The second-order valence-corrected chi connectivity index (χ2v) is 10.1. The molecular weight excluding hydrogens is 424 g/mol. The van der Waals surface area contributed by atoms with Gasteiger partial charge in [-0.3, -0.25) is 4.79 Å². The molecule has 4 heterocycles. The second-order valence-electron chi connectivity index (χ2n) is 8.25. The highest BCUT2D eigenvalue weighted by Gasteiger charge is 2.60. The number of aliphatic hydroxyl groups excluding tert-OH is 1. The first-order chi connectivity index (χ1) is 14.2. The molecule has 30 heavy (non-hydrogen) atoms. The van der Waals surface area contributed by atoms with Gasteiger partial charge in [0.1, 0.15) is 11.9 Å². The van der Waals surface area contributed by atoms with E-state index in [1.165, 1.54) is 16.2 Å². The first kappa shape index (κ1) is 21.4. The number of fused-ring (bicyclic) bond motifs is 2. The summed E-state index contributed by atoms with van der Waals surface area (Å²) in [6.07, 6.45) is 5.19. The van der Waals surface area contributed by atoms with Crippen LogP contribution in [0.3, 0.4) is 0 Å². The molecule has 0 aromatic carbocycles. The number of thiazole rings is 1. The van der Waals surface area contributed by atoms with Gasteiger partial charge in [0.2, 0.25) is 15.8 Å². The van der Waals surface area contributed by atoms with E-state index >= 15 is 0 Å². The zero-order valence-corrected chi connectivity index (χ0v) is 19.0. The van der Waals surface area contributed by atoms with Gasteiger partial charge in [0.05, 0.1) is 29.5 Å². The molecule has 0 unspecified atom stereocenters. The number of imidazole rings is 1. The zero-order chi connectivity index (χ0) is 21.9. The molecule has 4 rings (SSSR count). The van der Waals surface area contributed by atoms with Crippen LogP contribution >= 0.6 is 23.1 Å². The lowest BCUT2D eigenvalue weighted by Gasteiger charge is -2.46. The Hall–Kier alpha value is -1.88. The van der Waals surface area contributed by atoms with E-state index in [0.717, 1.165) is 21.3 Å². The van der Waals surface area contributed by atoms with Crippen LogP contribution in [0.5, 0.6) is 0 Å². The van der Waals surface area contributed by atoms with Crippen molar-refractivity contribution in [1.29, 1.82) is 0 Å². The van der Waals surface area contributed by atoms with Crippen molar-refractivity contribution in [1.82, 2.24) is 9.30 Å². The van der Waals surface area contributed by atoms with Gasteiger partial charge in [-0.05, 0) is 19.7 Å². The molecule has 2 aromatic rings. The van der Waals surface area contributed by atoms with Gasteiger partial charge in [-0.15, -0.1) is 0 Å². The van der Waals surface area contributed by atoms with Gasteiger partial charge in [-0.25, -0.2) is 9.36 Å². The minimum absolute atomic E-state index is 0.0502. The van der Waals surface area contributed by atoms with Gasteiger partial charge in [-0.1, -0.05) is 36.9 Å². The fourth-order valence-electron chi connectivity index (χ4n) is 4.70. The van der Waals surface area contributed by atoms with Crippen molar-refractivity contribution < 1.29 is 24.4 Å². The standard InChI is InChI=1S/C20H26N4O4S2/c1-9(5-21)6-22-8-23-7-12(30-19(23)18(22)29-4)13-10(2)15-14(11(3)25)17(26)24(15)16(13)20(27)28/h7-11,14-15,25H,5-6,21H2,1-4H3/p+1/t9-,10+,11-,14-,15-/m1/s1. The number of nitrogens with two attached hydrogens (primary N) is 1. The number of β-lactam (4-membered cyclic amide) rings is 1. The van der Waals surface area contributed by atoms with E-state index in [9.17, 15) is 19.8 Å². The summed E-state index contributed by atoms with van der Waals surface area (Å²) >= 11 is 3.18. The predicted octanol–water partition coefficient (Wildman–Crippen LogP) is 1.26. The largest absolute Gasteiger partial charge is 0.477 e. The van der Waals surface area contributed by atoms with Gasteiger partial charge >= 0.3 is 5.97 Å². The van der Waals surface area contributed by atoms with Crippen LogP contribution in [0, 0.1) is 17.8 Å². The third-order valence-electron chi connectivity index (χ3n) is 6.15. The molecule has 4 N–H and O–H groups in total. The van der Waals surface area contributed by atoms with E-state index in [-0.39, 0.29) is 23.6 Å². The number of nitrogens with zero attached hydrogens (tertiary/aromatic N) is 3. The van der Waals surface area contributed by atoms with E-state index in [2.05, 4.69) is 11.5 Å². The van der Waals surface area contributed by atoms with Crippen LogP contribution < -0.4 is 10.3 Å². The van der Waals surface area contributed by atoms with Crippen molar-refractivity contribution in [2.45, 2.75) is 44.5 Å². The lowest BCUT2D eigenvalue weighted by Crippen LogP contribution is -2.63. The number of carboxylic acids is 1. The van der Waals surface area contributed by atoms with E-state index < -0.39 is 18.0 Å². The van der Waals surface area contributed by atoms with Crippen molar-refractivity contribution in [3.8, 4) is 0 Å². The Bertz CT molecular complexity index is 1060. The summed E-state index contributed by atoms with van der Waals surface area (Å²) in [5.74, 6) is -1.79. The molecule has 2 aliphatic heterocycles. The number of carbonyl (C=O) groups is 2. The maximum absolute atomic E-state index is 12.6. The van der Waals surface area contributed by atoms with E-state index in [4.69, 9.17) is 5.73 Å². The van der Waals surface area contributed by atoms with Gasteiger partial charge in [0.25, 0.3) is 6.33 Å². The van der Waals surface area contributed by atoms with Gasteiger partial charge in [0.15, 0.2) is 0 Å². The first-order valence-electron chi connectivity index (χ1n) is 9.98. The SMILES string of the molecule is CSc1c2sc(C3=C(C(=O)O)N4C(=O)[C@H]([C@@H](C)O)[C@H]4[C@H]3C)cn2c[n+]1C[C@H](C)CN. The Morgan fingerprint density at radius 2 is 2.13 bits per heavy atom. The number of carboxylic acid groups (broad SMARTS) is 1. The lowest BCUT2D eigenvalue weighted by molar-refractivity contribution is -0.734. The number of carbonyl (C=O) groups excluding carboxylic acids is 1. The topological polar surface area (TPSA) is 112 Å². The fraction of sp³-hybridized carbons (Fsp3) is 0.550. The Labute approximate surface area is 183 Å². The molecule has 2 aliphatic rings. The number of amides is 1. The van der Waals surface area contributed by atoms with Crippen LogP contribution in [0.25, 0.3) is 10.4 Å². The third-order valence-corrected chi connectivity index (χ3v) is 8.24. The van der Waals surface area contributed by atoms with Crippen molar-refractivity contribution in [2.24, 2.45) is 23.5 Å². The Morgan fingerprint density at radius 1 is 1.43 bits per heavy atom. The number of aliphatic hydroxyl groups is 1. The summed E-state index contributed by atoms with van der Waals surface area (Å²) < 4.78 is 4.21. The first-order valence-corrected chi connectivity index (χ1v) is 12.0. The second kappa shape index (κ2) is 7.67. The summed E-state index contributed by atoms with van der Waals surface area (Å²) in [5, 5.41) is 21.0. The number of aromatic nitrogens is 2. The molecule has 0 radical (unpaired) electrons. The number of aliphatic carboxylic acids is 1. The Kier molecular flexibility index (Phi) is 5.46. The third kappa shape index (κ3) is 3.00. The molecule has 1 amide bonds.